The Labute approximate surface area is 135 Å². The van der Waals surface area contributed by atoms with Gasteiger partial charge in [-0.3, -0.25) is 0 Å². The zero-order valence-electron chi connectivity index (χ0n) is 9.50. The second kappa shape index (κ2) is 5.75. The lowest BCUT2D eigenvalue weighted by molar-refractivity contribution is 0.234. The third-order valence-corrected chi connectivity index (χ3v) is 6.48. The molecule has 1 aromatic heterocycles. The Bertz CT molecular complexity index is 745. The molecule has 1 heterocycles. The smallest absolute Gasteiger partial charge is 0.342 e. The van der Waals surface area contributed by atoms with Gasteiger partial charge in [0.05, 0.1) is 14.6 Å². The maximum Gasteiger partial charge on any atom is 0.342 e. The standard InChI is InChI=1S/C11H6Br2ClF2NO2S/c12-7-8(13)10(20(18,19)11(15)16)17-9(7)5-1-3-6(14)4-2-5/h1-4,11,17H. The average Bonchev–Trinajstić information content (AvgIpc) is 2.68. The molecule has 0 saturated carbocycles. The Morgan fingerprint density at radius 1 is 1.10 bits per heavy atom. The van der Waals surface area contributed by atoms with Gasteiger partial charge in [-0.2, -0.15) is 8.78 Å². The number of aromatic nitrogens is 1. The minimum Gasteiger partial charge on any atom is -0.344 e. The molecule has 0 spiro atoms. The number of alkyl halides is 2. The molecule has 1 aromatic carbocycles. The molecular formula is C11H6Br2ClF2NO2S. The van der Waals surface area contributed by atoms with Crippen LogP contribution in [0, 0.1) is 0 Å². The number of H-pyrrole nitrogens is 1. The van der Waals surface area contributed by atoms with E-state index in [-0.39, 0.29) is 4.47 Å². The van der Waals surface area contributed by atoms with Crippen LogP contribution in [0.4, 0.5) is 8.78 Å². The van der Waals surface area contributed by atoms with E-state index in [9.17, 15) is 17.2 Å². The highest BCUT2D eigenvalue weighted by molar-refractivity contribution is 9.13. The van der Waals surface area contributed by atoms with Gasteiger partial charge in [-0.25, -0.2) is 8.42 Å². The van der Waals surface area contributed by atoms with E-state index in [1.807, 2.05) is 0 Å². The summed E-state index contributed by atoms with van der Waals surface area (Å²) >= 11 is 11.9. The van der Waals surface area contributed by atoms with Crippen molar-refractivity contribution in [3.63, 3.8) is 0 Å². The molecule has 0 radical (unpaired) electrons. The van der Waals surface area contributed by atoms with E-state index in [1.165, 1.54) is 0 Å². The minimum absolute atomic E-state index is 0.0303. The van der Waals surface area contributed by atoms with E-state index >= 15 is 0 Å². The molecular weight excluding hydrogens is 443 g/mol. The van der Waals surface area contributed by atoms with Crippen LogP contribution in [-0.4, -0.2) is 19.2 Å². The highest BCUT2D eigenvalue weighted by atomic mass is 79.9. The highest BCUT2D eigenvalue weighted by Gasteiger charge is 2.32. The van der Waals surface area contributed by atoms with Gasteiger partial charge in [0.15, 0.2) is 5.03 Å². The van der Waals surface area contributed by atoms with Gasteiger partial charge in [0.2, 0.25) is 0 Å². The number of hydrogen-bond acceptors (Lipinski definition) is 2. The molecule has 0 aliphatic carbocycles. The Kier molecular flexibility index (Phi) is 4.58. The van der Waals surface area contributed by atoms with E-state index in [4.69, 9.17) is 11.6 Å². The number of hydrogen-bond donors (Lipinski definition) is 1. The van der Waals surface area contributed by atoms with Crippen molar-refractivity contribution < 1.29 is 17.2 Å². The number of sulfone groups is 1. The summed E-state index contributed by atoms with van der Waals surface area (Å²) < 4.78 is 48.7. The number of benzene rings is 1. The van der Waals surface area contributed by atoms with Crippen LogP contribution in [0.25, 0.3) is 11.3 Å². The summed E-state index contributed by atoms with van der Waals surface area (Å²) in [6, 6.07) is 6.51. The van der Waals surface area contributed by atoms with E-state index in [1.54, 1.807) is 24.3 Å². The summed E-state index contributed by atoms with van der Waals surface area (Å²) in [5.41, 5.74) is 0.977. The predicted molar refractivity (Wildman–Crippen MR) is 79.8 cm³/mol. The fourth-order valence-electron chi connectivity index (χ4n) is 1.53. The van der Waals surface area contributed by atoms with E-state index in [2.05, 4.69) is 36.8 Å². The molecule has 1 N–H and O–H groups in total. The maximum absolute atomic E-state index is 12.6. The Hall–Kier alpha value is -0.440. The van der Waals surface area contributed by atoms with Gasteiger partial charge in [-0.15, -0.1) is 0 Å². The first-order valence-corrected chi connectivity index (χ1v) is 8.61. The zero-order chi connectivity index (χ0) is 15.1. The summed E-state index contributed by atoms with van der Waals surface area (Å²) in [6.07, 6.45) is 0. The summed E-state index contributed by atoms with van der Waals surface area (Å²) in [7, 11) is -4.72. The molecule has 2 rings (SSSR count). The van der Waals surface area contributed by atoms with Crippen molar-refractivity contribution >= 4 is 53.3 Å². The van der Waals surface area contributed by atoms with Crippen molar-refractivity contribution in [3.8, 4) is 11.3 Å². The first kappa shape index (κ1) is 15.9. The average molecular weight is 449 g/mol. The van der Waals surface area contributed by atoms with Crippen LogP contribution < -0.4 is 0 Å². The lowest BCUT2D eigenvalue weighted by atomic mass is 10.2. The van der Waals surface area contributed by atoms with E-state index in [0.29, 0.717) is 20.8 Å². The third-order valence-electron chi connectivity index (χ3n) is 2.50. The minimum atomic E-state index is -4.72. The Balaban J connectivity index is 2.62. The van der Waals surface area contributed by atoms with Gasteiger partial charge >= 0.3 is 5.76 Å². The molecule has 9 heteroatoms. The molecule has 0 aliphatic heterocycles. The molecule has 0 amide bonds. The Morgan fingerprint density at radius 2 is 1.65 bits per heavy atom. The second-order valence-corrected chi connectivity index (χ2v) is 7.65. The zero-order valence-corrected chi connectivity index (χ0v) is 14.2. The predicted octanol–water partition coefficient (Wildman–Crippen LogP) is 4.86. The molecule has 0 bridgehead atoms. The molecule has 0 fully saturated rings. The van der Waals surface area contributed by atoms with Crippen LogP contribution in [0.15, 0.2) is 38.2 Å². The molecule has 0 unspecified atom stereocenters. The van der Waals surface area contributed by atoms with Crippen LogP contribution in [0.2, 0.25) is 5.02 Å². The first-order chi connectivity index (χ1) is 9.25. The number of aromatic amines is 1. The monoisotopic (exact) mass is 447 g/mol. The Morgan fingerprint density at radius 3 is 2.15 bits per heavy atom. The maximum atomic E-state index is 12.6. The first-order valence-electron chi connectivity index (χ1n) is 5.10. The van der Waals surface area contributed by atoms with Crippen molar-refractivity contribution in [3.05, 3.63) is 38.2 Å². The fourth-order valence-corrected chi connectivity index (χ4v) is 4.07. The van der Waals surface area contributed by atoms with Crippen LogP contribution in [0.3, 0.4) is 0 Å². The van der Waals surface area contributed by atoms with Gasteiger partial charge in [-0.1, -0.05) is 23.7 Å². The van der Waals surface area contributed by atoms with Gasteiger partial charge < -0.3 is 4.98 Å². The molecule has 0 atom stereocenters. The van der Waals surface area contributed by atoms with Gasteiger partial charge in [-0.05, 0) is 49.6 Å². The molecule has 0 saturated heterocycles. The fraction of sp³-hybridized carbons (Fsp3) is 0.0909. The molecule has 20 heavy (non-hydrogen) atoms. The van der Waals surface area contributed by atoms with Crippen molar-refractivity contribution in [1.82, 2.24) is 4.98 Å². The van der Waals surface area contributed by atoms with Gasteiger partial charge in [0.25, 0.3) is 9.84 Å². The number of halogens is 5. The topological polar surface area (TPSA) is 49.9 Å². The number of nitrogens with one attached hydrogen (secondary N) is 1. The van der Waals surface area contributed by atoms with Crippen LogP contribution in [-0.2, 0) is 9.84 Å². The van der Waals surface area contributed by atoms with E-state index < -0.39 is 20.6 Å². The van der Waals surface area contributed by atoms with Gasteiger partial charge in [0, 0.05) is 5.02 Å². The van der Waals surface area contributed by atoms with Crippen LogP contribution in [0.5, 0.6) is 0 Å². The second-order valence-electron chi connectivity index (χ2n) is 3.77. The molecule has 108 valence electrons. The summed E-state index contributed by atoms with van der Waals surface area (Å²) in [5, 5.41) is -0.0553. The summed E-state index contributed by atoms with van der Waals surface area (Å²) in [4.78, 5) is 2.50. The van der Waals surface area contributed by atoms with Crippen molar-refractivity contribution in [2.24, 2.45) is 0 Å². The lowest BCUT2D eigenvalue weighted by Gasteiger charge is -2.01. The third kappa shape index (κ3) is 2.79. The highest BCUT2D eigenvalue weighted by Crippen LogP contribution is 2.40. The summed E-state index contributed by atoms with van der Waals surface area (Å²) in [6.45, 7) is 0. The molecule has 3 nitrogen and oxygen atoms in total. The van der Waals surface area contributed by atoms with Crippen molar-refractivity contribution in [2.75, 3.05) is 0 Å². The molecule has 0 aliphatic rings. The summed E-state index contributed by atoms with van der Waals surface area (Å²) in [5.74, 6) is -3.50. The number of rotatable bonds is 3. The van der Waals surface area contributed by atoms with Crippen molar-refractivity contribution in [1.29, 1.82) is 0 Å². The lowest BCUT2D eigenvalue weighted by Crippen LogP contribution is -2.12. The quantitative estimate of drug-likeness (QED) is 0.728. The van der Waals surface area contributed by atoms with Crippen molar-refractivity contribution in [2.45, 2.75) is 10.8 Å². The SMILES string of the molecule is O=S(=O)(c1[nH]c(-c2ccc(Cl)cc2)c(Br)c1Br)C(F)F. The van der Waals surface area contributed by atoms with E-state index in [0.717, 1.165) is 0 Å². The molecule has 2 aromatic rings. The largest absolute Gasteiger partial charge is 0.344 e. The normalized spacial score (nSPS) is 12.1. The van der Waals surface area contributed by atoms with Crippen LogP contribution in [0.1, 0.15) is 0 Å². The van der Waals surface area contributed by atoms with Crippen LogP contribution >= 0.6 is 43.5 Å². The van der Waals surface area contributed by atoms with Gasteiger partial charge in [0.1, 0.15) is 0 Å².